The molecular weight excluding hydrogens is 403 g/mol. The Morgan fingerprint density at radius 1 is 1.14 bits per heavy atom. The van der Waals surface area contributed by atoms with E-state index in [-0.39, 0.29) is 18.0 Å². The van der Waals surface area contributed by atoms with Crippen molar-refractivity contribution in [2.75, 3.05) is 18.0 Å². The molecule has 0 bridgehead atoms. The van der Waals surface area contributed by atoms with E-state index < -0.39 is 11.9 Å². The molecule has 0 spiro atoms. The average Bonchev–Trinajstić information content (AvgIpc) is 3.45. The lowest BCUT2D eigenvalue weighted by Crippen LogP contribution is -2.48. The van der Waals surface area contributed by atoms with Crippen molar-refractivity contribution in [3.8, 4) is 0 Å². The summed E-state index contributed by atoms with van der Waals surface area (Å²) in [5, 5.41) is 0.866. The number of alkyl halides is 3. The Hall–Kier alpha value is -2.23. The van der Waals surface area contributed by atoms with Gasteiger partial charge in [0.1, 0.15) is 22.7 Å². The first-order valence-electron chi connectivity index (χ1n) is 9.65. The molecule has 1 aliphatic heterocycles. The van der Waals surface area contributed by atoms with Crippen LogP contribution in [-0.2, 0) is 6.18 Å². The molecule has 2 aromatic rings. The van der Waals surface area contributed by atoms with Crippen molar-refractivity contribution < 1.29 is 18.0 Å². The number of hydrogen-bond donors (Lipinski definition) is 0. The van der Waals surface area contributed by atoms with E-state index in [2.05, 4.69) is 15.0 Å². The SMILES string of the molecule is Cc1nc(C)c(C(=O)N2CCC(N(c3cc(C(F)(F)F)ncn3)C3CC3)CC2)s1. The van der Waals surface area contributed by atoms with Gasteiger partial charge in [0.15, 0.2) is 0 Å². The van der Waals surface area contributed by atoms with Crippen LogP contribution in [0.25, 0.3) is 0 Å². The normalized spacial score (nSPS) is 18.2. The monoisotopic (exact) mass is 425 g/mol. The number of amides is 1. The molecule has 1 saturated heterocycles. The molecular formula is C19H22F3N5OS. The quantitative estimate of drug-likeness (QED) is 0.745. The first kappa shape index (κ1) is 20.1. The van der Waals surface area contributed by atoms with E-state index in [1.807, 2.05) is 23.6 Å². The highest BCUT2D eigenvalue weighted by Crippen LogP contribution is 2.37. The fourth-order valence-corrected chi connectivity index (χ4v) is 4.78. The van der Waals surface area contributed by atoms with E-state index in [9.17, 15) is 18.0 Å². The minimum atomic E-state index is -4.49. The number of aryl methyl sites for hydroxylation is 2. The predicted octanol–water partition coefficient (Wildman–Crippen LogP) is 3.84. The van der Waals surface area contributed by atoms with Gasteiger partial charge in [-0.05, 0) is 39.5 Å². The number of anilines is 1. The smallest absolute Gasteiger partial charge is 0.350 e. The van der Waals surface area contributed by atoms with Crippen LogP contribution in [-0.4, -0.2) is 50.9 Å². The van der Waals surface area contributed by atoms with Crippen LogP contribution in [0.4, 0.5) is 19.0 Å². The van der Waals surface area contributed by atoms with Gasteiger partial charge in [0, 0.05) is 31.2 Å². The highest BCUT2D eigenvalue weighted by Gasteiger charge is 2.39. The van der Waals surface area contributed by atoms with Crippen LogP contribution in [0.5, 0.6) is 0 Å². The van der Waals surface area contributed by atoms with Gasteiger partial charge in [0.05, 0.1) is 10.7 Å². The van der Waals surface area contributed by atoms with E-state index in [1.165, 1.54) is 11.3 Å². The van der Waals surface area contributed by atoms with E-state index in [0.29, 0.717) is 36.6 Å². The van der Waals surface area contributed by atoms with Gasteiger partial charge in [-0.3, -0.25) is 4.79 Å². The minimum Gasteiger partial charge on any atom is -0.350 e. The molecule has 1 saturated carbocycles. The molecule has 2 aliphatic rings. The Morgan fingerprint density at radius 2 is 1.79 bits per heavy atom. The summed E-state index contributed by atoms with van der Waals surface area (Å²) in [7, 11) is 0. The molecule has 3 heterocycles. The number of hydrogen-bond acceptors (Lipinski definition) is 6. The molecule has 1 amide bonds. The first-order chi connectivity index (χ1) is 13.7. The second kappa shape index (κ2) is 7.55. The molecule has 156 valence electrons. The zero-order valence-corrected chi connectivity index (χ0v) is 17.1. The van der Waals surface area contributed by atoms with Gasteiger partial charge in [0.2, 0.25) is 0 Å². The van der Waals surface area contributed by atoms with E-state index in [0.717, 1.165) is 35.9 Å². The van der Waals surface area contributed by atoms with E-state index in [1.54, 1.807) is 0 Å². The predicted molar refractivity (Wildman–Crippen MR) is 103 cm³/mol. The standard InChI is InChI=1S/C19H22F3N5OS/c1-11-17(29-12(2)25-11)18(28)26-7-5-14(6-8-26)27(13-3-4-13)16-9-15(19(20,21)22)23-10-24-16/h9-10,13-14H,3-8H2,1-2H3. The fourth-order valence-electron chi connectivity index (χ4n) is 3.89. The van der Waals surface area contributed by atoms with Crippen molar-refractivity contribution in [1.82, 2.24) is 19.9 Å². The number of nitrogens with zero attached hydrogens (tertiary/aromatic N) is 5. The summed E-state index contributed by atoms with van der Waals surface area (Å²) in [6.07, 6.45) is -0.211. The van der Waals surface area contributed by atoms with Gasteiger partial charge in [-0.2, -0.15) is 13.2 Å². The molecule has 0 N–H and O–H groups in total. The Labute approximate surface area is 170 Å². The molecule has 4 rings (SSSR count). The lowest BCUT2D eigenvalue weighted by Gasteiger charge is -2.39. The number of aromatic nitrogens is 3. The van der Waals surface area contributed by atoms with Crippen LogP contribution in [0.1, 0.15) is 51.8 Å². The topological polar surface area (TPSA) is 62.2 Å². The van der Waals surface area contributed by atoms with Gasteiger partial charge in [-0.25, -0.2) is 15.0 Å². The highest BCUT2D eigenvalue weighted by atomic mass is 32.1. The number of carbonyl (C=O) groups is 1. The van der Waals surface area contributed by atoms with E-state index >= 15 is 0 Å². The summed E-state index contributed by atoms with van der Waals surface area (Å²) >= 11 is 1.40. The van der Waals surface area contributed by atoms with Gasteiger partial charge < -0.3 is 9.80 Å². The van der Waals surface area contributed by atoms with Gasteiger partial charge >= 0.3 is 6.18 Å². The van der Waals surface area contributed by atoms with Gasteiger partial charge in [0.25, 0.3) is 5.91 Å². The Kier molecular flexibility index (Phi) is 5.22. The van der Waals surface area contributed by atoms with Crippen molar-refractivity contribution in [2.45, 2.75) is 57.8 Å². The molecule has 2 fully saturated rings. The van der Waals surface area contributed by atoms with Gasteiger partial charge in [-0.15, -0.1) is 11.3 Å². The van der Waals surface area contributed by atoms with Crippen molar-refractivity contribution in [1.29, 1.82) is 0 Å². The largest absolute Gasteiger partial charge is 0.433 e. The lowest BCUT2D eigenvalue weighted by molar-refractivity contribution is -0.141. The van der Waals surface area contributed by atoms with Crippen molar-refractivity contribution in [2.24, 2.45) is 0 Å². The third-order valence-corrected chi connectivity index (χ3v) is 6.45. The maximum Gasteiger partial charge on any atom is 0.433 e. The summed E-state index contributed by atoms with van der Waals surface area (Å²) in [5.74, 6) is 0.319. The number of piperidine rings is 1. The number of carbonyl (C=O) groups excluding carboxylic acids is 1. The number of likely N-dealkylation sites (tertiary alicyclic amines) is 1. The first-order valence-corrected chi connectivity index (χ1v) is 10.5. The molecule has 0 aromatic carbocycles. The zero-order valence-electron chi connectivity index (χ0n) is 16.2. The summed E-state index contributed by atoms with van der Waals surface area (Å²) in [6.45, 7) is 4.86. The summed E-state index contributed by atoms with van der Waals surface area (Å²) in [5.41, 5.74) is -0.170. The van der Waals surface area contributed by atoms with Crippen LogP contribution < -0.4 is 4.90 Å². The van der Waals surface area contributed by atoms with Crippen molar-refractivity contribution >= 4 is 23.1 Å². The molecule has 0 unspecified atom stereocenters. The highest BCUT2D eigenvalue weighted by molar-refractivity contribution is 7.13. The lowest BCUT2D eigenvalue weighted by atomic mass is 10.0. The minimum absolute atomic E-state index is 0.00841. The summed E-state index contributed by atoms with van der Waals surface area (Å²) in [4.78, 5) is 29.2. The third kappa shape index (κ3) is 4.22. The maximum absolute atomic E-state index is 13.1. The molecule has 0 radical (unpaired) electrons. The summed E-state index contributed by atoms with van der Waals surface area (Å²) < 4.78 is 39.2. The molecule has 6 nitrogen and oxygen atoms in total. The second-order valence-corrected chi connectivity index (χ2v) is 8.77. The van der Waals surface area contributed by atoms with Crippen LogP contribution in [0.3, 0.4) is 0 Å². The molecule has 29 heavy (non-hydrogen) atoms. The third-order valence-electron chi connectivity index (χ3n) is 5.39. The molecule has 10 heteroatoms. The molecule has 2 aromatic heterocycles. The van der Waals surface area contributed by atoms with Crippen LogP contribution in [0, 0.1) is 13.8 Å². The number of thiazole rings is 1. The van der Waals surface area contributed by atoms with Gasteiger partial charge in [-0.1, -0.05) is 0 Å². The number of rotatable bonds is 4. The van der Waals surface area contributed by atoms with E-state index in [4.69, 9.17) is 0 Å². The Bertz CT molecular complexity index is 903. The molecule has 1 aliphatic carbocycles. The van der Waals surface area contributed by atoms with Crippen molar-refractivity contribution in [3.05, 3.63) is 33.7 Å². The Balaban J connectivity index is 1.48. The second-order valence-electron chi connectivity index (χ2n) is 7.57. The van der Waals surface area contributed by atoms with Crippen LogP contribution >= 0.6 is 11.3 Å². The maximum atomic E-state index is 13.1. The zero-order chi connectivity index (χ0) is 20.8. The van der Waals surface area contributed by atoms with Crippen LogP contribution in [0.2, 0.25) is 0 Å². The van der Waals surface area contributed by atoms with Crippen molar-refractivity contribution in [3.63, 3.8) is 0 Å². The van der Waals surface area contributed by atoms with Crippen LogP contribution in [0.15, 0.2) is 12.4 Å². The molecule has 0 atom stereocenters. The summed E-state index contributed by atoms with van der Waals surface area (Å²) in [6, 6.07) is 1.32. The Morgan fingerprint density at radius 3 is 2.34 bits per heavy atom. The number of halogens is 3. The average molecular weight is 425 g/mol. The fraction of sp³-hybridized carbons (Fsp3) is 0.579.